The maximum Gasteiger partial charge on any atom is 0.132 e. The molecule has 1 aliphatic rings. The lowest BCUT2D eigenvalue weighted by molar-refractivity contribution is 0.131. The van der Waals surface area contributed by atoms with E-state index in [1.807, 2.05) is 11.1 Å². The van der Waals surface area contributed by atoms with Crippen LogP contribution in [-0.2, 0) is 6.54 Å². The normalized spacial score (nSPS) is 16.0. The molecular weight excluding hydrogens is 301 g/mol. The molecule has 24 heavy (non-hydrogen) atoms. The number of nitrogens with zero attached hydrogens (tertiary/aromatic N) is 3. The summed E-state index contributed by atoms with van der Waals surface area (Å²) in [5, 5.41) is 6.45. The quantitative estimate of drug-likeness (QED) is 0.800. The van der Waals surface area contributed by atoms with Gasteiger partial charge in [-0.05, 0) is 31.0 Å². The number of benzene rings is 2. The van der Waals surface area contributed by atoms with Crippen molar-refractivity contribution in [1.82, 2.24) is 9.91 Å². The third-order valence-corrected chi connectivity index (χ3v) is 4.51. The molecule has 0 unspecified atom stereocenters. The highest BCUT2D eigenvalue weighted by molar-refractivity contribution is 5.79. The van der Waals surface area contributed by atoms with E-state index in [1.165, 1.54) is 22.8 Å². The Morgan fingerprint density at radius 3 is 2.50 bits per heavy atom. The minimum Gasteiger partial charge on any atom is -0.295 e. The van der Waals surface area contributed by atoms with Crippen LogP contribution in [0.5, 0.6) is 0 Å². The average molecular weight is 325 g/mol. The van der Waals surface area contributed by atoms with E-state index in [0.29, 0.717) is 5.56 Å². The van der Waals surface area contributed by atoms with Crippen molar-refractivity contribution < 1.29 is 4.39 Å². The summed E-state index contributed by atoms with van der Waals surface area (Å²) in [6.07, 6.45) is 1.62. The first-order chi connectivity index (χ1) is 11.6. The second-order valence-corrected chi connectivity index (χ2v) is 6.43. The van der Waals surface area contributed by atoms with Crippen LogP contribution in [0.15, 0.2) is 47.6 Å². The van der Waals surface area contributed by atoms with Crippen LogP contribution in [-0.4, -0.2) is 42.3 Å². The minimum atomic E-state index is -0.227. The Morgan fingerprint density at radius 2 is 1.79 bits per heavy atom. The Kier molecular flexibility index (Phi) is 5.26. The van der Waals surface area contributed by atoms with E-state index < -0.39 is 0 Å². The van der Waals surface area contributed by atoms with Crippen molar-refractivity contribution in [2.75, 3.05) is 26.2 Å². The highest BCUT2D eigenvalue weighted by Crippen LogP contribution is 2.14. The van der Waals surface area contributed by atoms with Gasteiger partial charge in [-0.25, -0.2) is 4.39 Å². The first-order valence-electron chi connectivity index (χ1n) is 8.44. The van der Waals surface area contributed by atoms with Gasteiger partial charge in [0.15, 0.2) is 0 Å². The summed E-state index contributed by atoms with van der Waals surface area (Å²) >= 11 is 0. The van der Waals surface area contributed by atoms with Gasteiger partial charge in [0.1, 0.15) is 5.82 Å². The van der Waals surface area contributed by atoms with Crippen LogP contribution in [0.25, 0.3) is 0 Å². The topological polar surface area (TPSA) is 18.8 Å². The van der Waals surface area contributed by atoms with Crippen molar-refractivity contribution >= 4 is 6.21 Å². The molecule has 0 atom stereocenters. The zero-order chi connectivity index (χ0) is 16.9. The number of hydrogen-bond donors (Lipinski definition) is 0. The summed E-state index contributed by atoms with van der Waals surface area (Å²) in [6.45, 7) is 8.98. The van der Waals surface area contributed by atoms with Crippen molar-refractivity contribution in [3.63, 3.8) is 0 Å². The fourth-order valence-electron chi connectivity index (χ4n) is 3.00. The van der Waals surface area contributed by atoms with Gasteiger partial charge < -0.3 is 0 Å². The van der Waals surface area contributed by atoms with Gasteiger partial charge in [-0.2, -0.15) is 5.10 Å². The summed E-state index contributed by atoms with van der Waals surface area (Å²) in [7, 11) is 0. The van der Waals surface area contributed by atoms with Crippen LogP contribution in [0.2, 0.25) is 0 Å². The Morgan fingerprint density at radius 1 is 1.04 bits per heavy atom. The predicted octanol–water partition coefficient (Wildman–Crippen LogP) is 3.59. The average Bonchev–Trinajstić information content (AvgIpc) is 2.58. The zero-order valence-electron chi connectivity index (χ0n) is 14.4. The molecule has 3 nitrogen and oxygen atoms in total. The fourth-order valence-corrected chi connectivity index (χ4v) is 3.00. The first kappa shape index (κ1) is 16.7. The van der Waals surface area contributed by atoms with Gasteiger partial charge in [-0.3, -0.25) is 9.91 Å². The SMILES string of the molecule is Cc1ccc(CN2CCN(/N=C/c3ccccc3F)CC2)c(C)c1. The monoisotopic (exact) mass is 325 g/mol. The molecular formula is C20H24FN3. The van der Waals surface area contributed by atoms with E-state index in [0.717, 1.165) is 32.7 Å². The molecule has 1 fully saturated rings. The lowest BCUT2D eigenvalue weighted by Gasteiger charge is -2.33. The van der Waals surface area contributed by atoms with Crippen molar-refractivity contribution in [2.45, 2.75) is 20.4 Å². The lowest BCUT2D eigenvalue weighted by Crippen LogP contribution is -2.43. The standard InChI is InChI=1S/C20H24FN3/c1-16-7-8-19(17(2)13-16)15-23-9-11-24(12-10-23)22-14-18-5-3-4-6-20(18)21/h3-8,13-14H,9-12,15H2,1-2H3/b22-14+. The van der Waals surface area contributed by atoms with Crippen LogP contribution < -0.4 is 0 Å². The largest absolute Gasteiger partial charge is 0.295 e. The van der Waals surface area contributed by atoms with Crippen LogP contribution in [0, 0.1) is 19.7 Å². The zero-order valence-corrected chi connectivity index (χ0v) is 14.4. The van der Waals surface area contributed by atoms with Gasteiger partial charge in [-0.15, -0.1) is 0 Å². The lowest BCUT2D eigenvalue weighted by atomic mass is 10.1. The highest BCUT2D eigenvalue weighted by Gasteiger charge is 2.16. The first-order valence-corrected chi connectivity index (χ1v) is 8.44. The third-order valence-electron chi connectivity index (χ3n) is 4.51. The number of aryl methyl sites for hydroxylation is 2. The number of halogens is 1. The molecule has 3 rings (SSSR count). The maximum atomic E-state index is 13.6. The molecule has 0 radical (unpaired) electrons. The second-order valence-electron chi connectivity index (χ2n) is 6.43. The summed E-state index contributed by atoms with van der Waals surface area (Å²) in [6, 6.07) is 13.4. The van der Waals surface area contributed by atoms with Crippen molar-refractivity contribution in [1.29, 1.82) is 0 Å². The van der Waals surface area contributed by atoms with E-state index in [-0.39, 0.29) is 5.82 Å². The van der Waals surface area contributed by atoms with E-state index >= 15 is 0 Å². The maximum absolute atomic E-state index is 13.6. The molecule has 0 bridgehead atoms. The molecule has 126 valence electrons. The number of piperazine rings is 1. The van der Waals surface area contributed by atoms with Crippen LogP contribution in [0.4, 0.5) is 4.39 Å². The predicted molar refractivity (Wildman–Crippen MR) is 96.8 cm³/mol. The summed E-state index contributed by atoms with van der Waals surface area (Å²) in [5.41, 5.74) is 4.60. The molecule has 1 heterocycles. The van der Waals surface area contributed by atoms with E-state index in [1.54, 1.807) is 18.3 Å². The molecule has 0 N–H and O–H groups in total. The minimum absolute atomic E-state index is 0.227. The molecule has 0 aromatic heterocycles. The summed E-state index contributed by atoms with van der Waals surface area (Å²) in [5.74, 6) is -0.227. The number of hydrazone groups is 1. The summed E-state index contributed by atoms with van der Waals surface area (Å²) < 4.78 is 13.6. The molecule has 0 aliphatic carbocycles. The smallest absolute Gasteiger partial charge is 0.132 e. The number of rotatable bonds is 4. The summed E-state index contributed by atoms with van der Waals surface area (Å²) in [4.78, 5) is 2.45. The number of hydrogen-bond acceptors (Lipinski definition) is 3. The Balaban J connectivity index is 1.53. The molecule has 1 saturated heterocycles. The molecule has 4 heteroatoms. The van der Waals surface area contributed by atoms with Gasteiger partial charge >= 0.3 is 0 Å². The third kappa shape index (κ3) is 4.20. The van der Waals surface area contributed by atoms with Crippen LogP contribution in [0.3, 0.4) is 0 Å². The van der Waals surface area contributed by atoms with Gasteiger partial charge in [0.05, 0.1) is 6.21 Å². The fraction of sp³-hybridized carbons (Fsp3) is 0.350. The van der Waals surface area contributed by atoms with E-state index in [2.05, 4.69) is 42.0 Å². The van der Waals surface area contributed by atoms with Crippen molar-refractivity contribution in [3.05, 3.63) is 70.5 Å². The molecule has 1 aliphatic heterocycles. The Bertz CT molecular complexity index is 719. The van der Waals surface area contributed by atoms with Gasteiger partial charge in [-0.1, -0.05) is 42.0 Å². The van der Waals surface area contributed by atoms with E-state index in [9.17, 15) is 4.39 Å². The van der Waals surface area contributed by atoms with Crippen molar-refractivity contribution in [3.8, 4) is 0 Å². The molecule has 0 amide bonds. The molecule has 2 aromatic rings. The van der Waals surface area contributed by atoms with Gasteiger partial charge in [0, 0.05) is 38.3 Å². The van der Waals surface area contributed by atoms with E-state index in [4.69, 9.17) is 0 Å². The Hall–Kier alpha value is -2.20. The van der Waals surface area contributed by atoms with Gasteiger partial charge in [0.25, 0.3) is 0 Å². The molecule has 0 spiro atoms. The highest BCUT2D eigenvalue weighted by atomic mass is 19.1. The van der Waals surface area contributed by atoms with Gasteiger partial charge in [0.2, 0.25) is 0 Å². The Labute approximate surface area is 143 Å². The van der Waals surface area contributed by atoms with Crippen molar-refractivity contribution in [2.24, 2.45) is 5.10 Å². The van der Waals surface area contributed by atoms with Crippen LogP contribution >= 0.6 is 0 Å². The van der Waals surface area contributed by atoms with Crippen LogP contribution in [0.1, 0.15) is 22.3 Å². The second kappa shape index (κ2) is 7.58. The molecule has 0 saturated carbocycles. The molecule has 2 aromatic carbocycles.